The summed E-state index contributed by atoms with van der Waals surface area (Å²) in [6.45, 7) is 1.84. The highest BCUT2D eigenvalue weighted by atomic mass is 32.2. The van der Waals surface area contributed by atoms with Gasteiger partial charge in [0.1, 0.15) is 12.4 Å². The Kier molecular flexibility index (Phi) is 5.37. The predicted molar refractivity (Wildman–Crippen MR) is 114 cm³/mol. The van der Waals surface area contributed by atoms with E-state index >= 15 is 0 Å². The number of rotatable bonds is 5. The highest BCUT2D eigenvalue weighted by molar-refractivity contribution is 8.26. The summed E-state index contributed by atoms with van der Waals surface area (Å²) in [6.07, 6.45) is 1.56. The third kappa shape index (κ3) is 3.84. The summed E-state index contributed by atoms with van der Waals surface area (Å²) in [5.74, 6) is -0.0181. The molecule has 0 saturated heterocycles. The van der Waals surface area contributed by atoms with Crippen molar-refractivity contribution in [2.45, 2.75) is 13.5 Å². The van der Waals surface area contributed by atoms with Crippen LogP contribution in [0.5, 0.6) is 11.5 Å². The number of halogens is 1. The van der Waals surface area contributed by atoms with Gasteiger partial charge in [-0.2, -0.15) is 15.1 Å². The maximum atomic E-state index is 13.8. The van der Waals surface area contributed by atoms with Gasteiger partial charge in [-0.1, -0.05) is 24.3 Å². The molecule has 2 aromatic rings. The highest BCUT2D eigenvalue weighted by Gasteiger charge is 2.34. The van der Waals surface area contributed by atoms with Gasteiger partial charge in [0.05, 0.1) is 17.7 Å². The average Bonchev–Trinajstić information content (AvgIpc) is 3.11. The van der Waals surface area contributed by atoms with E-state index in [9.17, 15) is 9.18 Å². The molecule has 0 atom stereocenters. The minimum Gasteiger partial charge on any atom is -0.493 e. The van der Waals surface area contributed by atoms with E-state index in [1.54, 1.807) is 49.4 Å². The zero-order valence-corrected chi connectivity index (χ0v) is 17.0. The summed E-state index contributed by atoms with van der Waals surface area (Å²) >= 11 is 1.25. The molecule has 1 N–H and O–H groups in total. The smallest absolute Gasteiger partial charge is 0.283 e. The van der Waals surface area contributed by atoms with Crippen molar-refractivity contribution in [2.24, 2.45) is 10.1 Å². The molecule has 0 saturated carbocycles. The Morgan fingerprint density at radius 2 is 2.03 bits per heavy atom. The Morgan fingerprint density at radius 3 is 2.80 bits per heavy atom. The van der Waals surface area contributed by atoms with Crippen LogP contribution < -0.4 is 9.47 Å². The molecule has 2 aromatic carbocycles. The lowest BCUT2D eigenvalue weighted by Crippen LogP contribution is -2.35. The Balaban J connectivity index is 1.58. The van der Waals surface area contributed by atoms with E-state index in [1.165, 1.54) is 29.9 Å². The summed E-state index contributed by atoms with van der Waals surface area (Å²) in [5, 5.41) is 15.0. The number of benzene rings is 2. The quantitative estimate of drug-likeness (QED) is 0.732. The maximum Gasteiger partial charge on any atom is 0.283 e. The number of carbonyl (C=O) groups excluding carboxylic acids is 1. The highest BCUT2D eigenvalue weighted by Crippen LogP contribution is 2.32. The van der Waals surface area contributed by atoms with Crippen molar-refractivity contribution in [1.82, 2.24) is 5.01 Å². The summed E-state index contributed by atoms with van der Waals surface area (Å²) in [5.41, 5.74) is 1.18. The number of amidine groups is 2. The van der Waals surface area contributed by atoms with Crippen LogP contribution in [-0.2, 0) is 11.4 Å². The fourth-order valence-electron chi connectivity index (χ4n) is 2.92. The predicted octanol–water partition coefficient (Wildman–Crippen LogP) is 4.05. The number of aliphatic imine (C=N–C) groups is 1. The molecule has 4 rings (SSSR count). The van der Waals surface area contributed by atoms with Gasteiger partial charge < -0.3 is 9.47 Å². The first-order valence-corrected chi connectivity index (χ1v) is 9.79. The number of thioether (sulfide) groups is 1. The molecule has 0 aromatic heterocycles. The van der Waals surface area contributed by atoms with Gasteiger partial charge in [-0.05, 0) is 48.5 Å². The summed E-state index contributed by atoms with van der Waals surface area (Å²) in [7, 11) is 1.49. The van der Waals surface area contributed by atoms with Crippen molar-refractivity contribution in [3.63, 3.8) is 0 Å². The number of amides is 1. The van der Waals surface area contributed by atoms with Crippen LogP contribution in [-0.4, -0.2) is 34.1 Å². The van der Waals surface area contributed by atoms with E-state index in [1.807, 2.05) is 0 Å². The van der Waals surface area contributed by atoms with E-state index in [2.05, 4.69) is 10.1 Å². The van der Waals surface area contributed by atoms with Crippen molar-refractivity contribution in [3.05, 3.63) is 65.0 Å². The van der Waals surface area contributed by atoms with E-state index in [0.29, 0.717) is 32.8 Å². The lowest BCUT2D eigenvalue weighted by atomic mass is 10.1. The Hall–Kier alpha value is -3.46. The van der Waals surface area contributed by atoms with Crippen molar-refractivity contribution in [1.29, 1.82) is 5.41 Å². The molecule has 9 heteroatoms. The third-order valence-corrected chi connectivity index (χ3v) is 5.22. The van der Waals surface area contributed by atoms with Gasteiger partial charge in [0.25, 0.3) is 5.91 Å². The molecule has 0 radical (unpaired) electrons. The number of fused-ring (bicyclic) bond motifs is 1. The molecular formula is C21H17FN4O3S. The first-order valence-electron chi connectivity index (χ1n) is 8.97. The van der Waals surface area contributed by atoms with Crippen LogP contribution in [0, 0.1) is 11.2 Å². The first-order chi connectivity index (χ1) is 14.5. The lowest BCUT2D eigenvalue weighted by molar-refractivity contribution is -0.114. The number of nitrogens with zero attached hydrogens (tertiary/aromatic N) is 3. The fourth-order valence-corrected chi connectivity index (χ4v) is 3.65. The number of hydrogen-bond acceptors (Lipinski definition) is 6. The summed E-state index contributed by atoms with van der Waals surface area (Å²) in [6, 6.07) is 11.5. The van der Waals surface area contributed by atoms with Gasteiger partial charge in [0.15, 0.2) is 17.3 Å². The van der Waals surface area contributed by atoms with Gasteiger partial charge >= 0.3 is 0 Å². The number of methoxy groups -OCH3 is 1. The molecule has 152 valence electrons. The molecule has 2 heterocycles. The van der Waals surface area contributed by atoms with Crippen LogP contribution in [0.2, 0.25) is 0 Å². The zero-order valence-electron chi connectivity index (χ0n) is 16.2. The van der Waals surface area contributed by atoms with Crippen molar-refractivity contribution in [2.75, 3.05) is 7.11 Å². The summed E-state index contributed by atoms with van der Waals surface area (Å²) in [4.78, 5) is 16.4. The third-order valence-electron chi connectivity index (χ3n) is 4.40. The maximum absolute atomic E-state index is 13.8. The molecule has 0 unspecified atom stereocenters. The second kappa shape index (κ2) is 8.11. The molecule has 1 amide bonds. The summed E-state index contributed by atoms with van der Waals surface area (Å²) < 4.78 is 24.9. The second-order valence-electron chi connectivity index (χ2n) is 6.43. The fraction of sp³-hybridized carbons (Fsp3) is 0.143. The second-order valence-corrected chi connectivity index (χ2v) is 7.59. The van der Waals surface area contributed by atoms with Gasteiger partial charge in [-0.25, -0.2) is 4.39 Å². The molecule has 0 fully saturated rings. The minimum absolute atomic E-state index is 0.0341. The van der Waals surface area contributed by atoms with Crippen LogP contribution in [0.15, 0.2) is 58.1 Å². The molecule has 7 nitrogen and oxygen atoms in total. The standard InChI is InChI=1S/C21H17FN4O3S/c1-12-25-26-19(23)15(20(27)24-21(26)30-12)9-13-7-8-17(18(10-13)28-2)29-11-14-5-3-4-6-16(14)22/h3-10,23H,11H2,1-2H3/b15-9-,23-19?. The number of ether oxygens (including phenoxy) is 2. The monoisotopic (exact) mass is 424 g/mol. The molecule has 0 spiro atoms. The lowest BCUT2D eigenvalue weighted by Gasteiger charge is -2.20. The zero-order chi connectivity index (χ0) is 21.3. The van der Waals surface area contributed by atoms with Gasteiger partial charge in [0, 0.05) is 5.56 Å². The first kappa shape index (κ1) is 19.8. The SMILES string of the molecule is COc1cc(/C=C2/C(=N)N3N=C(C)SC3=NC2=O)ccc1OCc1ccccc1F. The molecular weight excluding hydrogens is 407 g/mol. The van der Waals surface area contributed by atoms with E-state index < -0.39 is 5.91 Å². The van der Waals surface area contributed by atoms with Crippen molar-refractivity contribution < 1.29 is 18.7 Å². The molecule has 2 aliphatic heterocycles. The van der Waals surface area contributed by atoms with Crippen LogP contribution >= 0.6 is 11.8 Å². The van der Waals surface area contributed by atoms with E-state index in [-0.39, 0.29) is 23.8 Å². The van der Waals surface area contributed by atoms with Crippen LogP contribution in [0.3, 0.4) is 0 Å². The Labute approximate surface area is 176 Å². The number of hydrogen-bond donors (Lipinski definition) is 1. The normalized spacial score (nSPS) is 17.0. The molecule has 30 heavy (non-hydrogen) atoms. The molecule has 0 bridgehead atoms. The van der Waals surface area contributed by atoms with Crippen molar-refractivity contribution in [3.8, 4) is 11.5 Å². The van der Waals surface area contributed by atoms with Crippen LogP contribution in [0.1, 0.15) is 18.1 Å². The number of hydrazone groups is 1. The van der Waals surface area contributed by atoms with E-state index in [0.717, 1.165) is 0 Å². The van der Waals surface area contributed by atoms with Crippen LogP contribution in [0.4, 0.5) is 4.39 Å². The number of nitrogens with one attached hydrogen (secondary N) is 1. The topological polar surface area (TPSA) is 87.3 Å². The van der Waals surface area contributed by atoms with Crippen molar-refractivity contribution >= 4 is 39.8 Å². The number of carbonyl (C=O) groups is 1. The van der Waals surface area contributed by atoms with Gasteiger partial charge in [-0.15, -0.1) is 0 Å². The molecule has 0 aliphatic carbocycles. The minimum atomic E-state index is -0.498. The van der Waals surface area contributed by atoms with Crippen LogP contribution in [0.25, 0.3) is 6.08 Å². The van der Waals surface area contributed by atoms with E-state index in [4.69, 9.17) is 14.9 Å². The Bertz CT molecular complexity index is 1140. The molecule has 2 aliphatic rings. The largest absolute Gasteiger partial charge is 0.493 e. The van der Waals surface area contributed by atoms with Gasteiger partial charge in [-0.3, -0.25) is 10.2 Å². The Morgan fingerprint density at radius 1 is 1.23 bits per heavy atom. The van der Waals surface area contributed by atoms with Gasteiger partial charge in [0.2, 0.25) is 5.17 Å². The average molecular weight is 424 g/mol.